The lowest BCUT2D eigenvalue weighted by Crippen LogP contribution is -2.52. The zero-order valence-electron chi connectivity index (χ0n) is 12.6. The van der Waals surface area contributed by atoms with Gasteiger partial charge < -0.3 is 14.6 Å². The number of hydrogen-bond donors (Lipinski definition) is 1. The first kappa shape index (κ1) is 15.6. The zero-order valence-corrected chi connectivity index (χ0v) is 12.6. The molecule has 1 aliphatic heterocycles. The number of unbranched alkanes of at least 4 members (excludes halogenated alkanes) is 2. The maximum Gasteiger partial charge on any atom is 0.257 e. The van der Waals surface area contributed by atoms with Gasteiger partial charge >= 0.3 is 0 Å². The Bertz CT molecular complexity index is 456. The van der Waals surface area contributed by atoms with Crippen LogP contribution in [0.3, 0.4) is 0 Å². The minimum Gasteiger partial charge on any atom is -0.472 e. The smallest absolute Gasteiger partial charge is 0.257 e. The number of carbonyl (C=O) groups is 2. The molecule has 0 aliphatic carbocycles. The lowest BCUT2D eigenvalue weighted by Gasteiger charge is -2.34. The number of nitrogens with one attached hydrogen (secondary N) is 1. The quantitative estimate of drug-likeness (QED) is 0.820. The van der Waals surface area contributed by atoms with Crippen molar-refractivity contribution in [1.29, 1.82) is 0 Å². The van der Waals surface area contributed by atoms with E-state index in [0.29, 0.717) is 18.7 Å². The van der Waals surface area contributed by atoms with Crippen molar-refractivity contribution in [3.05, 3.63) is 24.2 Å². The summed E-state index contributed by atoms with van der Waals surface area (Å²) in [5.41, 5.74) is 0.515. The second-order valence-corrected chi connectivity index (χ2v) is 5.52. The molecule has 0 saturated carbocycles. The van der Waals surface area contributed by atoms with Crippen molar-refractivity contribution in [3.63, 3.8) is 0 Å². The minimum atomic E-state index is -0.345. The van der Waals surface area contributed by atoms with Crippen LogP contribution < -0.4 is 5.32 Å². The molecule has 2 rings (SSSR count). The lowest BCUT2D eigenvalue weighted by atomic mass is 10.0. The van der Waals surface area contributed by atoms with E-state index in [-0.39, 0.29) is 17.9 Å². The van der Waals surface area contributed by atoms with Crippen LogP contribution >= 0.6 is 0 Å². The molecule has 0 spiro atoms. The summed E-state index contributed by atoms with van der Waals surface area (Å²) in [6.45, 7) is 3.46. The predicted molar refractivity (Wildman–Crippen MR) is 79.9 cm³/mol. The van der Waals surface area contributed by atoms with Crippen LogP contribution in [0.2, 0.25) is 0 Å². The van der Waals surface area contributed by atoms with Gasteiger partial charge in [0, 0.05) is 13.1 Å². The monoisotopic (exact) mass is 292 g/mol. The van der Waals surface area contributed by atoms with Crippen molar-refractivity contribution >= 4 is 11.8 Å². The molecule has 5 nitrogen and oxygen atoms in total. The van der Waals surface area contributed by atoms with Gasteiger partial charge in [-0.25, -0.2) is 0 Å². The summed E-state index contributed by atoms with van der Waals surface area (Å²) < 4.78 is 4.97. The van der Waals surface area contributed by atoms with Gasteiger partial charge in [0.25, 0.3) is 5.91 Å². The number of carbonyl (C=O) groups excluding carboxylic acids is 2. The molecule has 21 heavy (non-hydrogen) atoms. The van der Waals surface area contributed by atoms with E-state index in [1.165, 1.54) is 12.5 Å². The van der Waals surface area contributed by atoms with E-state index >= 15 is 0 Å². The van der Waals surface area contributed by atoms with Gasteiger partial charge in [-0.05, 0) is 31.7 Å². The zero-order chi connectivity index (χ0) is 15.1. The number of furan rings is 1. The molecule has 0 radical (unpaired) electrons. The van der Waals surface area contributed by atoms with E-state index in [1.54, 1.807) is 11.0 Å². The third-order valence-corrected chi connectivity index (χ3v) is 3.91. The van der Waals surface area contributed by atoms with Crippen LogP contribution in [-0.2, 0) is 4.79 Å². The van der Waals surface area contributed by atoms with Gasteiger partial charge in [-0.15, -0.1) is 0 Å². The molecule has 1 aliphatic rings. The van der Waals surface area contributed by atoms with Crippen molar-refractivity contribution in [2.24, 2.45) is 0 Å². The fraction of sp³-hybridized carbons (Fsp3) is 0.625. The lowest BCUT2D eigenvalue weighted by molar-refractivity contribution is -0.126. The summed E-state index contributed by atoms with van der Waals surface area (Å²) in [4.78, 5) is 26.4. The van der Waals surface area contributed by atoms with Crippen LogP contribution in [0.5, 0.6) is 0 Å². The largest absolute Gasteiger partial charge is 0.472 e. The van der Waals surface area contributed by atoms with Crippen molar-refractivity contribution in [1.82, 2.24) is 10.2 Å². The summed E-state index contributed by atoms with van der Waals surface area (Å²) in [6, 6.07) is 1.30. The molecule has 2 heterocycles. The van der Waals surface area contributed by atoms with Gasteiger partial charge in [-0.2, -0.15) is 0 Å². The van der Waals surface area contributed by atoms with Crippen LogP contribution in [0.15, 0.2) is 23.0 Å². The van der Waals surface area contributed by atoms with Crippen molar-refractivity contribution in [3.8, 4) is 0 Å². The topological polar surface area (TPSA) is 62.6 Å². The Balaban J connectivity index is 1.95. The van der Waals surface area contributed by atoms with E-state index in [1.807, 2.05) is 0 Å². The summed E-state index contributed by atoms with van der Waals surface area (Å²) in [6.07, 6.45) is 8.83. The molecule has 1 aromatic rings. The molecular weight excluding hydrogens is 268 g/mol. The average Bonchev–Trinajstić information content (AvgIpc) is 3.05. The molecule has 0 aromatic carbocycles. The molecular formula is C16H24N2O3. The van der Waals surface area contributed by atoms with Gasteiger partial charge in [-0.1, -0.05) is 19.8 Å². The van der Waals surface area contributed by atoms with E-state index < -0.39 is 0 Å². The Labute approximate surface area is 125 Å². The first-order valence-electron chi connectivity index (χ1n) is 7.85. The standard InChI is InChI=1S/C16H24N2O3/c1-2-3-5-9-17-15(19)14-7-4-6-10-18(14)16(20)13-8-11-21-12-13/h8,11-12,14H,2-7,9-10H2,1H3,(H,17,19)/t14-/m1/s1. The number of amides is 2. The van der Waals surface area contributed by atoms with Gasteiger partial charge in [0.05, 0.1) is 11.8 Å². The normalized spacial score (nSPS) is 18.5. The van der Waals surface area contributed by atoms with Crippen LogP contribution in [0.4, 0.5) is 0 Å². The summed E-state index contributed by atoms with van der Waals surface area (Å²) >= 11 is 0. The average molecular weight is 292 g/mol. The second kappa shape index (κ2) is 7.86. The highest BCUT2D eigenvalue weighted by Crippen LogP contribution is 2.20. The Morgan fingerprint density at radius 1 is 1.38 bits per heavy atom. The fourth-order valence-corrected chi connectivity index (χ4v) is 2.70. The van der Waals surface area contributed by atoms with Gasteiger partial charge in [0.2, 0.25) is 5.91 Å². The first-order chi connectivity index (χ1) is 10.2. The molecule has 1 aromatic heterocycles. The highest BCUT2D eigenvalue weighted by Gasteiger charge is 2.32. The van der Waals surface area contributed by atoms with Crippen LogP contribution in [-0.4, -0.2) is 35.8 Å². The SMILES string of the molecule is CCCCCNC(=O)[C@H]1CCCCN1C(=O)c1ccoc1. The second-order valence-electron chi connectivity index (χ2n) is 5.52. The van der Waals surface area contributed by atoms with E-state index in [9.17, 15) is 9.59 Å². The first-order valence-corrected chi connectivity index (χ1v) is 7.85. The van der Waals surface area contributed by atoms with Crippen LogP contribution in [0.25, 0.3) is 0 Å². The molecule has 0 bridgehead atoms. The van der Waals surface area contributed by atoms with Crippen molar-refractivity contribution < 1.29 is 14.0 Å². The number of piperidine rings is 1. The predicted octanol–water partition coefficient (Wildman–Crippen LogP) is 2.58. The fourth-order valence-electron chi connectivity index (χ4n) is 2.70. The molecule has 2 amide bonds. The number of likely N-dealkylation sites (tertiary alicyclic amines) is 1. The third kappa shape index (κ3) is 4.09. The number of nitrogens with zero attached hydrogens (tertiary/aromatic N) is 1. The van der Waals surface area contributed by atoms with Crippen LogP contribution in [0.1, 0.15) is 55.8 Å². The molecule has 1 N–H and O–H groups in total. The van der Waals surface area contributed by atoms with Crippen LogP contribution in [0, 0.1) is 0 Å². The summed E-state index contributed by atoms with van der Waals surface area (Å²) in [5, 5.41) is 2.96. The number of rotatable bonds is 6. The van der Waals surface area contributed by atoms with Crippen molar-refractivity contribution in [2.45, 2.75) is 51.5 Å². The molecule has 1 saturated heterocycles. The molecule has 5 heteroatoms. The third-order valence-electron chi connectivity index (χ3n) is 3.91. The molecule has 1 fully saturated rings. The Morgan fingerprint density at radius 3 is 2.95 bits per heavy atom. The van der Waals surface area contributed by atoms with Crippen molar-refractivity contribution in [2.75, 3.05) is 13.1 Å². The summed E-state index contributed by atoms with van der Waals surface area (Å²) in [7, 11) is 0. The Kier molecular flexibility index (Phi) is 5.84. The highest BCUT2D eigenvalue weighted by molar-refractivity contribution is 5.97. The van der Waals surface area contributed by atoms with E-state index in [4.69, 9.17) is 4.42 Å². The minimum absolute atomic E-state index is 0.0253. The van der Waals surface area contributed by atoms with Gasteiger partial charge in [0.15, 0.2) is 0 Å². The Hall–Kier alpha value is -1.78. The Morgan fingerprint density at radius 2 is 2.24 bits per heavy atom. The van der Waals surface area contributed by atoms with Gasteiger partial charge in [-0.3, -0.25) is 9.59 Å². The maximum atomic E-state index is 12.4. The maximum absolute atomic E-state index is 12.4. The number of hydrogen-bond acceptors (Lipinski definition) is 3. The molecule has 1 atom stereocenters. The van der Waals surface area contributed by atoms with E-state index in [2.05, 4.69) is 12.2 Å². The summed E-state index contributed by atoms with van der Waals surface area (Å²) in [5.74, 6) is -0.139. The van der Waals surface area contributed by atoms with E-state index in [0.717, 1.165) is 38.5 Å². The molecule has 0 unspecified atom stereocenters. The van der Waals surface area contributed by atoms with Gasteiger partial charge in [0.1, 0.15) is 12.3 Å². The highest BCUT2D eigenvalue weighted by atomic mass is 16.3. The molecule has 116 valence electrons.